The Morgan fingerprint density at radius 1 is 1.02 bits per heavy atom. The van der Waals surface area contributed by atoms with Gasteiger partial charge in [-0.3, -0.25) is 9.69 Å². The normalized spacial score (nSPS) is 14.3. The van der Waals surface area contributed by atoms with Crippen LogP contribution in [-0.2, 0) is 12.7 Å². The first kappa shape index (κ1) is 30.4. The highest BCUT2D eigenvalue weighted by Crippen LogP contribution is 2.35. The molecule has 4 aromatic rings. The third kappa shape index (κ3) is 6.94. The second-order valence-electron chi connectivity index (χ2n) is 10.6. The number of nitrogens with one attached hydrogen (secondary N) is 2. The van der Waals surface area contributed by atoms with Crippen LogP contribution in [0.25, 0.3) is 10.8 Å². The van der Waals surface area contributed by atoms with Gasteiger partial charge in [0, 0.05) is 78.6 Å². The molecule has 0 saturated carbocycles. The van der Waals surface area contributed by atoms with Crippen LogP contribution in [0.4, 0.5) is 24.7 Å². The number of rotatable bonds is 5. The molecule has 1 aliphatic heterocycles. The lowest BCUT2D eigenvalue weighted by Gasteiger charge is -2.33. The Balaban J connectivity index is 1.40. The van der Waals surface area contributed by atoms with Gasteiger partial charge in [-0.15, -0.1) is 0 Å². The molecule has 2 N–H and O–H groups in total. The number of anilines is 2. The lowest BCUT2D eigenvalue weighted by Crippen LogP contribution is -2.44. The summed E-state index contributed by atoms with van der Waals surface area (Å²) in [5.41, 5.74) is 1.90. The fourth-order valence-corrected chi connectivity index (χ4v) is 5.28. The first-order valence-electron chi connectivity index (χ1n) is 13.8. The van der Waals surface area contributed by atoms with Crippen molar-refractivity contribution in [2.24, 2.45) is 0 Å². The van der Waals surface area contributed by atoms with E-state index in [4.69, 9.17) is 11.6 Å². The Morgan fingerprint density at radius 3 is 2.51 bits per heavy atom. The average Bonchev–Trinajstić information content (AvgIpc) is 2.98. The molecule has 0 aliphatic carbocycles. The largest absolute Gasteiger partial charge is 0.416 e. The van der Waals surface area contributed by atoms with E-state index in [1.165, 1.54) is 12.1 Å². The van der Waals surface area contributed by atoms with Crippen LogP contribution in [-0.4, -0.2) is 61.0 Å². The molecule has 0 atom stereocenters. The molecule has 1 amide bonds. The Hall–Kier alpha value is -4.10. The lowest BCUT2D eigenvalue weighted by atomic mass is 10.0. The number of pyridine rings is 1. The number of carbonyl (C=O) groups is 1. The fraction of sp³-hybridized carbons (Fsp3) is 0.273. The number of hydrogen-bond acceptors (Lipinski definition) is 5. The zero-order valence-corrected chi connectivity index (χ0v) is 24.8. The molecular formula is C33H31ClF3N5O. The predicted octanol–water partition coefficient (Wildman–Crippen LogP) is 6.66. The fourth-order valence-electron chi connectivity index (χ4n) is 5.06. The van der Waals surface area contributed by atoms with Crippen molar-refractivity contribution in [3.63, 3.8) is 0 Å². The molecule has 3 aromatic carbocycles. The summed E-state index contributed by atoms with van der Waals surface area (Å²) >= 11 is 6.36. The van der Waals surface area contributed by atoms with Gasteiger partial charge < -0.3 is 15.5 Å². The van der Waals surface area contributed by atoms with E-state index in [2.05, 4.69) is 32.4 Å². The second kappa shape index (κ2) is 12.6. The Labute approximate surface area is 253 Å². The summed E-state index contributed by atoms with van der Waals surface area (Å²) in [6.45, 7) is 5.09. The van der Waals surface area contributed by atoms with E-state index >= 15 is 0 Å². The van der Waals surface area contributed by atoms with Gasteiger partial charge in [0.05, 0.1) is 11.1 Å². The molecule has 43 heavy (non-hydrogen) atoms. The summed E-state index contributed by atoms with van der Waals surface area (Å²) in [5.74, 6) is 6.38. The first-order valence-corrected chi connectivity index (χ1v) is 14.2. The molecule has 5 rings (SSSR count). The van der Waals surface area contributed by atoms with Crippen molar-refractivity contribution >= 4 is 39.8 Å². The molecule has 1 saturated heterocycles. The van der Waals surface area contributed by atoms with E-state index in [0.717, 1.165) is 35.5 Å². The molecule has 0 radical (unpaired) electrons. The van der Waals surface area contributed by atoms with E-state index in [-0.39, 0.29) is 23.4 Å². The van der Waals surface area contributed by atoms with Gasteiger partial charge in [0.2, 0.25) is 0 Å². The Bertz CT molecular complexity index is 1740. The number of benzene rings is 3. The summed E-state index contributed by atoms with van der Waals surface area (Å²) in [7, 11) is 3.75. The van der Waals surface area contributed by atoms with Gasteiger partial charge >= 0.3 is 6.18 Å². The van der Waals surface area contributed by atoms with Crippen LogP contribution in [0.3, 0.4) is 0 Å². The lowest BCUT2D eigenvalue weighted by molar-refractivity contribution is -0.138. The average molecular weight is 606 g/mol. The van der Waals surface area contributed by atoms with Crippen LogP contribution in [0.15, 0.2) is 60.8 Å². The molecule has 1 aromatic heterocycles. The van der Waals surface area contributed by atoms with Gasteiger partial charge in [0.15, 0.2) is 0 Å². The van der Waals surface area contributed by atoms with Gasteiger partial charge in [0.25, 0.3) is 5.91 Å². The van der Waals surface area contributed by atoms with Gasteiger partial charge in [-0.05, 0) is 55.4 Å². The van der Waals surface area contributed by atoms with Crippen LogP contribution in [0.2, 0.25) is 5.02 Å². The van der Waals surface area contributed by atoms with E-state index in [1.54, 1.807) is 37.5 Å². The number of piperazine rings is 1. The van der Waals surface area contributed by atoms with Crippen molar-refractivity contribution in [1.29, 1.82) is 0 Å². The number of hydrogen-bond donors (Lipinski definition) is 2. The summed E-state index contributed by atoms with van der Waals surface area (Å²) in [6, 6.07) is 14.5. The zero-order chi connectivity index (χ0) is 30.7. The number of carbonyl (C=O) groups excluding carboxylic acids is 1. The van der Waals surface area contributed by atoms with E-state index < -0.39 is 17.6 Å². The smallest absolute Gasteiger partial charge is 0.372 e. The third-order valence-electron chi connectivity index (χ3n) is 7.60. The van der Waals surface area contributed by atoms with Crippen molar-refractivity contribution < 1.29 is 18.0 Å². The minimum absolute atomic E-state index is 0.0741. The molecule has 1 fully saturated rings. The summed E-state index contributed by atoms with van der Waals surface area (Å²) in [4.78, 5) is 21.8. The van der Waals surface area contributed by atoms with Crippen LogP contribution >= 0.6 is 11.6 Å². The highest BCUT2D eigenvalue weighted by molar-refractivity contribution is 6.35. The number of halogens is 4. The third-order valence-corrected chi connectivity index (χ3v) is 7.93. The summed E-state index contributed by atoms with van der Waals surface area (Å²) in [6.07, 6.45) is -2.86. The van der Waals surface area contributed by atoms with Crippen molar-refractivity contribution in [1.82, 2.24) is 14.8 Å². The Kier molecular flexibility index (Phi) is 8.92. The maximum Gasteiger partial charge on any atom is 0.416 e. The maximum absolute atomic E-state index is 14.0. The van der Waals surface area contributed by atoms with Crippen LogP contribution in [0, 0.1) is 18.8 Å². The van der Waals surface area contributed by atoms with E-state index in [9.17, 15) is 18.0 Å². The van der Waals surface area contributed by atoms with Gasteiger partial charge in [-0.25, -0.2) is 4.98 Å². The minimum Gasteiger partial charge on any atom is -0.372 e. The summed E-state index contributed by atoms with van der Waals surface area (Å²) in [5, 5.41) is 7.85. The van der Waals surface area contributed by atoms with Crippen molar-refractivity contribution in [3.8, 4) is 11.8 Å². The van der Waals surface area contributed by atoms with Crippen LogP contribution in [0.5, 0.6) is 0 Å². The first-order chi connectivity index (χ1) is 20.5. The molecular weight excluding hydrogens is 575 g/mol. The molecule has 0 bridgehead atoms. The predicted molar refractivity (Wildman–Crippen MR) is 166 cm³/mol. The molecule has 2 heterocycles. The summed E-state index contributed by atoms with van der Waals surface area (Å²) < 4.78 is 42.1. The van der Waals surface area contributed by atoms with Crippen molar-refractivity contribution in [2.75, 3.05) is 50.9 Å². The molecule has 10 heteroatoms. The highest BCUT2D eigenvalue weighted by atomic mass is 35.5. The topological polar surface area (TPSA) is 60.5 Å². The molecule has 0 spiro atoms. The number of amides is 1. The standard InChI is InChI=1S/C33H31ClF3N5O/c1-21-7-8-23(17-22(21)10-12-27-26-5-4-6-30(34)28(26)19-39-31(27)38-2)32(43)40-25-11-9-24(29(18-25)33(35,36)37)20-42-15-13-41(3)14-16-42/h4-9,11,17-19H,13-16,20H2,1-3H3,(H,38,39)(H,40,43). The van der Waals surface area contributed by atoms with E-state index in [1.807, 2.05) is 31.0 Å². The van der Waals surface area contributed by atoms with Gasteiger partial charge in [-0.2, -0.15) is 13.2 Å². The van der Waals surface area contributed by atoms with Gasteiger partial charge in [-0.1, -0.05) is 47.7 Å². The number of aromatic nitrogens is 1. The SMILES string of the molecule is CNc1ncc2c(Cl)cccc2c1C#Cc1cc(C(=O)Nc2ccc(CN3CCN(C)CC3)c(C(F)(F)F)c2)ccc1C. The molecule has 222 valence electrons. The second-order valence-corrected chi connectivity index (χ2v) is 11.0. The molecule has 1 aliphatic rings. The van der Waals surface area contributed by atoms with Crippen molar-refractivity contribution in [3.05, 3.63) is 99.2 Å². The van der Waals surface area contributed by atoms with Crippen LogP contribution < -0.4 is 10.6 Å². The Morgan fingerprint density at radius 2 is 1.79 bits per heavy atom. The number of nitrogens with zero attached hydrogens (tertiary/aromatic N) is 3. The number of fused-ring (bicyclic) bond motifs is 1. The maximum atomic E-state index is 14.0. The zero-order valence-electron chi connectivity index (χ0n) is 24.1. The molecule has 6 nitrogen and oxygen atoms in total. The molecule has 0 unspecified atom stereocenters. The van der Waals surface area contributed by atoms with E-state index in [0.29, 0.717) is 35.1 Å². The van der Waals surface area contributed by atoms with Crippen LogP contribution in [0.1, 0.15) is 38.2 Å². The monoisotopic (exact) mass is 605 g/mol. The van der Waals surface area contributed by atoms with Crippen molar-refractivity contribution in [2.45, 2.75) is 19.6 Å². The quantitative estimate of drug-likeness (QED) is 0.249. The van der Waals surface area contributed by atoms with Gasteiger partial charge in [0.1, 0.15) is 5.82 Å². The minimum atomic E-state index is -4.55. The number of likely N-dealkylation sites (N-methyl/N-ethyl adjacent to an activating group) is 1. The number of aryl methyl sites for hydroxylation is 1. The highest BCUT2D eigenvalue weighted by Gasteiger charge is 2.34. The number of alkyl halides is 3.